The minimum atomic E-state index is -0.973. The summed E-state index contributed by atoms with van der Waals surface area (Å²) in [6, 6.07) is 6.55. The van der Waals surface area contributed by atoms with Gasteiger partial charge >= 0.3 is 0 Å². The smallest absolute Gasteiger partial charge is 0.222 e. The zero-order chi connectivity index (χ0) is 17.6. The van der Waals surface area contributed by atoms with Crippen LogP contribution in [0.3, 0.4) is 0 Å². The Balaban J connectivity index is 2.72. The molecule has 0 aliphatic heterocycles. The minimum Gasteiger partial charge on any atom is -0.388 e. The van der Waals surface area contributed by atoms with Gasteiger partial charge < -0.3 is 15.7 Å². The molecule has 1 rings (SSSR count). The molecule has 1 aromatic rings. The van der Waals surface area contributed by atoms with Crippen molar-refractivity contribution in [1.82, 2.24) is 10.6 Å². The predicted molar refractivity (Wildman–Crippen MR) is 91.1 cm³/mol. The van der Waals surface area contributed by atoms with Crippen LogP contribution in [0.4, 0.5) is 0 Å². The Morgan fingerprint density at radius 2 is 1.83 bits per heavy atom. The molecule has 0 aliphatic rings. The molecule has 0 radical (unpaired) electrons. The van der Waals surface area contributed by atoms with Crippen molar-refractivity contribution in [1.29, 1.82) is 0 Å². The lowest BCUT2D eigenvalue weighted by Crippen LogP contribution is -2.45. The van der Waals surface area contributed by atoms with Crippen LogP contribution in [0.15, 0.2) is 24.3 Å². The van der Waals surface area contributed by atoms with Crippen molar-refractivity contribution in [3.8, 4) is 0 Å². The van der Waals surface area contributed by atoms with E-state index in [0.717, 1.165) is 5.56 Å². The molecule has 2 atom stereocenters. The van der Waals surface area contributed by atoms with Crippen molar-refractivity contribution in [3.05, 3.63) is 34.9 Å². The number of benzene rings is 1. The van der Waals surface area contributed by atoms with E-state index in [1.807, 2.05) is 13.8 Å². The zero-order valence-electron chi connectivity index (χ0n) is 14.0. The minimum absolute atomic E-state index is 0.0187. The molecule has 0 saturated carbocycles. The molecule has 2 amide bonds. The van der Waals surface area contributed by atoms with Crippen molar-refractivity contribution in [2.24, 2.45) is 5.92 Å². The van der Waals surface area contributed by atoms with Crippen LogP contribution in [0.1, 0.15) is 45.7 Å². The first kappa shape index (κ1) is 19.5. The molecule has 0 fully saturated rings. The summed E-state index contributed by atoms with van der Waals surface area (Å²) in [7, 11) is 0. The molecule has 5 nitrogen and oxygen atoms in total. The molecule has 6 heteroatoms. The third-order valence-electron chi connectivity index (χ3n) is 3.93. The average molecular weight is 341 g/mol. The van der Waals surface area contributed by atoms with Crippen LogP contribution in [-0.4, -0.2) is 29.1 Å². The molecular weight excluding hydrogens is 316 g/mol. The van der Waals surface area contributed by atoms with Gasteiger partial charge in [0, 0.05) is 18.5 Å². The predicted octanol–water partition coefficient (Wildman–Crippen LogP) is 2.43. The lowest BCUT2D eigenvalue weighted by Gasteiger charge is -2.28. The lowest BCUT2D eigenvalue weighted by molar-refractivity contribution is -0.124. The molecule has 3 N–H and O–H groups in total. The van der Waals surface area contributed by atoms with Gasteiger partial charge in [0.25, 0.3) is 0 Å². The van der Waals surface area contributed by atoms with Gasteiger partial charge in [-0.3, -0.25) is 9.59 Å². The summed E-state index contributed by atoms with van der Waals surface area (Å²) >= 11 is 5.86. The number of amides is 2. The topological polar surface area (TPSA) is 78.4 Å². The van der Waals surface area contributed by atoms with E-state index in [1.54, 1.807) is 31.2 Å². The summed E-state index contributed by atoms with van der Waals surface area (Å²) in [5.41, 5.74) is -0.172. The number of carbonyl (C=O) groups excluding carboxylic acids is 2. The second kappa shape index (κ2) is 8.31. The van der Waals surface area contributed by atoms with Crippen LogP contribution in [0.2, 0.25) is 5.02 Å². The summed E-state index contributed by atoms with van der Waals surface area (Å²) in [4.78, 5) is 23.5. The van der Waals surface area contributed by atoms with Gasteiger partial charge in [0.2, 0.25) is 11.8 Å². The fraction of sp³-hybridized carbons (Fsp3) is 0.529. The van der Waals surface area contributed by atoms with Crippen molar-refractivity contribution >= 4 is 23.4 Å². The van der Waals surface area contributed by atoms with Crippen molar-refractivity contribution in [3.63, 3.8) is 0 Å². The van der Waals surface area contributed by atoms with E-state index in [9.17, 15) is 14.7 Å². The van der Waals surface area contributed by atoms with E-state index in [1.165, 1.54) is 6.92 Å². The highest BCUT2D eigenvalue weighted by Crippen LogP contribution is 2.20. The second-order valence-corrected chi connectivity index (χ2v) is 6.73. The van der Waals surface area contributed by atoms with Crippen molar-refractivity contribution < 1.29 is 14.7 Å². The van der Waals surface area contributed by atoms with Crippen LogP contribution in [0.5, 0.6) is 0 Å². The van der Waals surface area contributed by atoms with Gasteiger partial charge in [-0.05, 0) is 30.5 Å². The van der Waals surface area contributed by atoms with Crippen molar-refractivity contribution in [2.75, 3.05) is 6.54 Å². The summed E-state index contributed by atoms with van der Waals surface area (Å²) < 4.78 is 0. The van der Waals surface area contributed by atoms with Gasteiger partial charge in [-0.2, -0.15) is 0 Å². The lowest BCUT2D eigenvalue weighted by atomic mass is 9.92. The molecule has 128 valence electrons. The van der Waals surface area contributed by atoms with Gasteiger partial charge in [-0.15, -0.1) is 0 Å². The number of nitrogens with one attached hydrogen (secondary N) is 2. The highest BCUT2D eigenvalue weighted by molar-refractivity contribution is 6.30. The highest BCUT2D eigenvalue weighted by atomic mass is 35.5. The monoisotopic (exact) mass is 340 g/mol. The number of hydrogen-bond donors (Lipinski definition) is 3. The molecule has 0 aromatic heterocycles. The van der Waals surface area contributed by atoms with E-state index in [2.05, 4.69) is 10.6 Å². The molecule has 0 aliphatic carbocycles. The largest absolute Gasteiger partial charge is 0.388 e. The SMILES string of the molecule is CC(=O)NC(CC(=O)NCC(C)(O)C(C)C)c1ccc(Cl)cc1. The van der Waals surface area contributed by atoms with Crippen LogP contribution in [0, 0.1) is 5.92 Å². The summed E-state index contributed by atoms with van der Waals surface area (Å²) in [5, 5.41) is 16.2. The maximum Gasteiger partial charge on any atom is 0.222 e. The molecule has 0 heterocycles. The Hall–Kier alpha value is -1.59. The first-order valence-electron chi connectivity index (χ1n) is 7.63. The normalized spacial score (nSPS) is 14.9. The van der Waals surface area contributed by atoms with Gasteiger partial charge in [0.1, 0.15) is 0 Å². The Labute approximate surface area is 142 Å². The Morgan fingerprint density at radius 3 is 2.30 bits per heavy atom. The third kappa shape index (κ3) is 6.59. The number of aliphatic hydroxyl groups is 1. The van der Waals surface area contributed by atoms with Crippen LogP contribution >= 0.6 is 11.6 Å². The fourth-order valence-electron chi connectivity index (χ4n) is 1.93. The third-order valence-corrected chi connectivity index (χ3v) is 4.18. The summed E-state index contributed by atoms with van der Waals surface area (Å²) in [6.07, 6.45) is 0.0926. The maximum absolute atomic E-state index is 12.1. The fourth-order valence-corrected chi connectivity index (χ4v) is 2.06. The quantitative estimate of drug-likeness (QED) is 0.713. The Kier molecular flexibility index (Phi) is 7.03. The Morgan fingerprint density at radius 1 is 1.26 bits per heavy atom. The summed E-state index contributed by atoms with van der Waals surface area (Å²) in [6.45, 7) is 7.03. The van der Waals surface area contributed by atoms with Crippen LogP contribution < -0.4 is 10.6 Å². The summed E-state index contributed by atoms with van der Waals surface area (Å²) in [5.74, 6) is -0.434. The van der Waals surface area contributed by atoms with Crippen LogP contribution in [-0.2, 0) is 9.59 Å². The molecular formula is C17H25ClN2O3. The van der Waals surface area contributed by atoms with Gasteiger partial charge in [0.15, 0.2) is 0 Å². The van der Waals surface area contributed by atoms with Gasteiger partial charge in [-0.25, -0.2) is 0 Å². The van der Waals surface area contributed by atoms with E-state index in [-0.39, 0.29) is 30.7 Å². The number of halogens is 1. The maximum atomic E-state index is 12.1. The van der Waals surface area contributed by atoms with E-state index >= 15 is 0 Å². The number of carbonyl (C=O) groups is 2. The zero-order valence-corrected chi connectivity index (χ0v) is 14.8. The first-order chi connectivity index (χ1) is 10.6. The molecule has 0 spiro atoms. The molecule has 23 heavy (non-hydrogen) atoms. The van der Waals surface area contributed by atoms with E-state index in [0.29, 0.717) is 5.02 Å². The molecule has 1 aromatic carbocycles. The molecule has 0 bridgehead atoms. The van der Waals surface area contributed by atoms with Crippen molar-refractivity contribution in [2.45, 2.75) is 45.8 Å². The molecule has 0 saturated heterocycles. The standard InChI is InChI=1S/C17H25ClN2O3/c1-11(2)17(4,23)10-19-16(22)9-15(20-12(3)21)13-5-7-14(18)8-6-13/h5-8,11,15,23H,9-10H2,1-4H3,(H,19,22)(H,20,21). The highest BCUT2D eigenvalue weighted by Gasteiger charge is 2.26. The van der Waals surface area contributed by atoms with Crippen LogP contribution in [0.25, 0.3) is 0 Å². The second-order valence-electron chi connectivity index (χ2n) is 6.30. The van der Waals surface area contributed by atoms with Gasteiger partial charge in [-0.1, -0.05) is 37.6 Å². The first-order valence-corrected chi connectivity index (χ1v) is 8.01. The number of rotatable bonds is 7. The average Bonchev–Trinajstić information content (AvgIpc) is 2.44. The van der Waals surface area contributed by atoms with E-state index < -0.39 is 11.6 Å². The van der Waals surface area contributed by atoms with E-state index in [4.69, 9.17) is 11.6 Å². The van der Waals surface area contributed by atoms with Gasteiger partial charge in [0.05, 0.1) is 18.1 Å². The Bertz CT molecular complexity index is 541. The number of hydrogen-bond acceptors (Lipinski definition) is 3. The molecule has 2 unspecified atom stereocenters.